The lowest BCUT2D eigenvalue weighted by Crippen LogP contribution is -2.19. The van der Waals surface area contributed by atoms with E-state index in [1.165, 1.54) is 14.2 Å². The summed E-state index contributed by atoms with van der Waals surface area (Å²) in [6, 6.07) is 12.1. The molecule has 0 aliphatic heterocycles. The Bertz CT molecular complexity index is 843. The van der Waals surface area contributed by atoms with Gasteiger partial charge in [-0.15, -0.1) is 0 Å². The van der Waals surface area contributed by atoms with Crippen molar-refractivity contribution in [2.75, 3.05) is 14.2 Å². The molecule has 0 atom stereocenters. The smallest absolute Gasteiger partial charge is 0.271 e. The summed E-state index contributed by atoms with van der Waals surface area (Å²) in [4.78, 5) is 24.2. The van der Waals surface area contributed by atoms with Crippen LogP contribution in [0.25, 0.3) is 0 Å². The third-order valence-corrected chi connectivity index (χ3v) is 3.80. The minimum Gasteiger partial charge on any atom is -0.493 e. The molecule has 0 fully saturated rings. The number of methoxy groups -OCH3 is 2. The third kappa shape index (κ3) is 2.86. The summed E-state index contributed by atoms with van der Waals surface area (Å²) in [5.74, 6) is 0.611. The number of fused-ring (bicyclic) bond motifs is 1. The van der Waals surface area contributed by atoms with Crippen molar-refractivity contribution < 1.29 is 19.1 Å². The average Bonchev–Trinajstić information content (AvgIpc) is 2.95. The van der Waals surface area contributed by atoms with E-state index < -0.39 is 0 Å². The highest BCUT2D eigenvalue weighted by Gasteiger charge is 2.25. The van der Waals surface area contributed by atoms with Crippen LogP contribution in [0.5, 0.6) is 11.5 Å². The van der Waals surface area contributed by atoms with Crippen molar-refractivity contribution in [2.24, 2.45) is 5.10 Å². The predicted octanol–water partition coefficient (Wildman–Crippen LogP) is 2.42. The van der Waals surface area contributed by atoms with Crippen molar-refractivity contribution in [3.05, 3.63) is 59.2 Å². The van der Waals surface area contributed by atoms with Crippen LogP contribution in [-0.2, 0) is 0 Å². The fourth-order valence-corrected chi connectivity index (χ4v) is 2.58. The lowest BCUT2D eigenvalue weighted by Gasteiger charge is -2.09. The van der Waals surface area contributed by atoms with Crippen molar-refractivity contribution in [2.45, 2.75) is 6.42 Å². The molecular formula is C18H16N2O4. The summed E-state index contributed by atoms with van der Waals surface area (Å²) in [5, 5.41) is 4.11. The average molecular weight is 324 g/mol. The van der Waals surface area contributed by atoms with Crippen LogP contribution in [0.2, 0.25) is 0 Å². The fourth-order valence-electron chi connectivity index (χ4n) is 2.58. The Kier molecular flexibility index (Phi) is 4.29. The molecule has 1 N–H and O–H groups in total. The second-order valence-corrected chi connectivity index (χ2v) is 5.21. The van der Waals surface area contributed by atoms with Gasteiger partial charge in [0.2, 0.25) is 0 Å². The van der Waals surface area contributed by atoms with Gasteiger partial charge in [-0.1, -0.05) is 24.3 Å². The van der Waals surface area contributed by atoms with Gasteiger partial charge in [-0.3, -0.25) is 9.59 Å². The van der Waals surface area contributed by atoms with E-state index in [0.29, 0.717) is 28.3 Å². The van der Waals surface area contributed by atoms with Gasteiger partial charge in [0.25, 0.3) is 5.91 Å². The van der Waals surface area contributed by atoms with Crippen LogP contribution in [0.15, 0.2) is 47.6 Å². The predicted molar refractivity (Wildman–Crippen MR) is 88.9 cm³/mol. The van der Waals surface area contributed by atoms with E-state index in [4.69, 9.17) is 9.47 Å². The first-order chi connectivity index (χ1) is 11.6. The zero-order valence-corrected chi connectivity index (χ0v) is 13.3. The molecule has 0 unspecified atom stereocenters. The Hall–Kier alpha value is -3.15. The number of amides is 1. The Labute approximate surface area is 139 Å². The van der Waals surface area contributed by atoms with E-state index in [-0.39, 0.29) is 18.1 Å². The van der Waals surface area contributed by atoms with Crippen molar-refractivity contribution in [1.82, 2.24) is 5.43 Å². The van der Waals surface area contributed by atoms with Gasteiger partial charge in [-0.05, 0) is 18.2 Å². The second-order valence-electron chi connectivity index (χ2n) is 5.21. The SMILES string of the molecule is COc1ccc(C(=O)N/N=C2/CC(=O)c3ccccc32)cc1OC. The van der Waals surface area contributed by atoms with Crippen LogP contribution >= 0.6 is 0 Å². The number of nitrogens with one attached hydrogen (secondary N) is 1. The molecule has 0 radical (unpaired) electrons. The van der Waals surface area contributed by atoms with Gasteiger partial charge in [0.15, 0.2) is 17.3 Å². The summed E-state index contributed by atoms with van der Waals surface area (Å²) in [5.41, 5.74) is 4.83. The number of benzene rings is 2. The molecule has 0 spiro atoms. The minimum absolute atomic E-state index is 0.00437. The Morgan fingerprint density at radius 2 is 1.75 bits per heavy atom. The molecule has 0 bridgehead atoms. The molecule has 0 saturated heterocycles. The molecule has 6 nitrogen and oxygen atoms in total. The fraction of sp³-hybridized carbons (Fsp3) is 0.167. The van der Waals surface area contributed by atoms with E-state index in [2.05, 4.69) is 10.5 Å². The monoisotopic (exact) mass is 324 g/mol. The first-order valence-electron chi connectivity index (χ1n) is 7.35. The van der Waals surface area contributed by atoms with Crippen LogP contribution in [-0.4, -0.2) is 31.6 Å². The number of rotatable bonds is 4. The van der Waals surface area contributed by atoms with Crippen LogP contribution in [0, 0.1) is 0 Å². The molecule has 1 amide bonds. The number of nitrogens with zero attached hydrogens (tertiary/aromatic N) is 1. The summed E-state index contributed by atoms with van der Waals surface area (Å²) in [6.45, 7) is 0. The second kappa shape index (κ2) is 6.54. The van der Waals surface area contributed by atoms with Crippen molar-refractivity contribution in [3.8, 4) is 11.5 Å². The molecule has 2 aromatic rings. The van der Waals surface area contributed by atoms with E-state index in [1.54, 1.807) is 24.3 Å². The highest BCUT2D eigenvalue weighted by atomic mass is 16.5. The van der Waals surface area contributed by atoms with Crippen molar-refractivity contribution >= 4 is 17.4 Å². The van der Waals surface area contributed by atoms with E-state index in [0.717, 1.165) is 5.56 Å². The van der Waals surface area contributed by atoms with Gasteiger partial charge < -0.3 is 9.47 Å². The molecular weight excluding hydrogens is 308 g/mol. The summed E-state index contributed by atoms with van der Waals surface area (Å²) in [6.07, 6.45) is 0.186. The Morgan fingerprint density at radius 3 is 2.46 bits per heavy atom. The van der Waals surface area contributed by atoms with Gasteiger partial charge in [0, 0.05) is 16.7 Å². The minimum atomic E-state index is -0.389. The summed E-state index contributed by atoms with van der Waals surface area (Å²) < 4.78 is 10.3. The normalized spacial score (nSPS) is 14.4. The van der Waals surface area contributed by atoms with Crippen molar-refractivity contribution in [3.63, 3.8) is 0 Å². The molecule has 1 aliphatic rings. The van der Waals surface area contributed by atoms with Gasteiger partial charge >= 0.3 is 0 Å². The first-order valence-corrected chi connectivity index (χ1v) is 7.35. The maximum Gasteiger partial charge on any atom is 0.271 e. The van der Waals surface area contributed by atoms with Gasteiger partial charge in [0.1, 0.15) is 0 Å². The molecule has 1 aliphatic carbocycles. The summed E-state index contributed by atoms with van der Waals surface area (Å²) in [7, 11) is 3.03. The number of Topliss-reactive ketones (excluding diaryl/α,β-unsaturated/α-hetero) is 1. The van der Waals surface area contributed by atoms with E-state index in [1.807, 2.05) is 18.2 Å². The molecule has 6 heteroatoms. The highest BCUT2D eigenvalue weighted by molar-refractivity contribution is 6.26. The zero-order valence-electron chi connectivity index (χ0n) is 13.3. The quantitative estimate of drug-likeness (QED) is 0.876. The van der Waals surface area contributed by atoms with E-state index in [9.17, 15) is 9.59 Å². The van der Waals surface area contributed by atoms with Gasteiger partial charge in [-0.2, -0.15) is 5.10 Å². The molecule has 0 saturated carbocycles. The highest BCUT2D eigenvalue weighted by Crippen LogP contribution is 2.27. The first kappa shape index (κ1) is 15.7. The third-order valence-electron chi connectivity index (χ3n) is 3.80. The molecule has 3 rings (SSSR count). The number of carbonyl (C=O) groups is 2. The molecule has 0 aromatic heterocycles. The Balaban J connectivity index is 1.80. The topological polar surface area (TPSA) is 77.0 Å². The van der Waals surface area contributed by atoms with Crippen LogP contribution < -0.4 is 14.9 Å². The largest absolute Gasteiger partial charge is 0.493 e. The summed E-state index contributed by atoms with van der Waals surface area (Å²) >= 11 is 0. The molecule has 0 heterocycles. The number of hydrogen-bond donors (Lipinski definition) is 1. The maximum atomic E-state index is 12.3. The van der Waals surface area contributed by atoms with Gasteiger partial charge in [0.05, 0.1) is 26.4 Å². The van der Waals surface area contributed by atoms with Gasteiger partial charge in [-0.25, -0.2) is 5.43 Å². The molecule has 122 valence electrons. The number of ketones is 1. The van der Waals surface area contributed by atoms with Crippen molar-refractivity contribution in [1.29, 1.82) is 0 Å². The van der Waals surface area contributed by atoms with Crippen LogP contribution in [0.4, 0.5) is 0 Å². The standard InChI is InChI=1S/C18H16N2O4/c1-23-16-8-7-11(9-17(16)24-2)18(22)20-19-14-10-15(21)13-6-4-3-5-12(13)14/h3-9H,10H2,1-2H3,(H,20,22)/b19-14-. The number of carbonyl (C=O) groups excluding carboxylic acids is 2. The lowest BCUT2D eigenvalue weighted by molar-refractivity contribution is 0.0951. The van der Waals surface area contributed by atoms with Crippen LogP contribution in [0.3, 0.4) is 0 Å². The zero-order chi connectivity index (χ0) is 17.1. The van der Waals surface area contributed by atoms with Crippen LogP contribution in [0.1, 0.15) is 32.7 Å². The number of ether oxygens (including phenoxy) is 2. The van der Waals surface area contributed by atoms with E-state index >= 15 is 0 Å². The molecule has 2 aromatic carbocycles. The number of hydrogen-bond acceptors (Lipinski definition) is 5. The lowest BCUT2D eigenvalue weighted by atomic mass is 10.1. The Morgan fingerprint density at radius 1 is 1.04 bits per heavy atom. The number of hydrazone groups is 1. The maximum absolute atomic E-state index is 12.3. The molecule has 24 heavy (non-hydrogen) atoms.